The number of oxime groups is 1. The van der Waals surface area contributed by atoms with Crippen LogP contribution in [0.1, 0.15) is 26.3 Å². The van der Waals surface area contributed by atoms with Crippen molar-refractivity contribution in [3.63, 3.8) is 0 Å². The molecule has 0 unspecified atom stereocenters. The molecular formula is C16H20N2O2. The molecule has 0 saturated carbocycles. The average Bonchev–Trinajstić information content (AvgIpc) is 2.71. The minimum atomic E-state index is -0.383. The molecular weight excluding hydrogens is 252 g/mol. The maximum absolute atomic E-state index is 11.8. The van der Waals surface area contributed by atoms with E-state index < -0.39 is 0 Å². The number of anilines is 1. The van der Waals surface area contributed by atoms with E-state index in [0.717, 1.165) is 11.3 Å². The SMILES string of the molecule is CN(C)c1ccc(C=C2C(=O)ON=C2C(C)(C)C)cc1. The molecule has 0 N–H and O–H groups in total. The second kappa shape index (κ2) is 5.12. The van der Waals surface area contributed by atoms with Gasteiger partial charge in [0.15, 0.2) is 0 Å². The van der Waals surface area contributed by atoms with Crippen molar-refractivity contribution in [2.75, 3.05) is 19.0 Å². The van der Waals surface area contributed by atoms with Gasteiger partial charge in [0, 0.05) is 25.2 Å². The fourth-order valence-electron chi connectivity index (χ4n) is 1.99. The van der Waals surface area contributed by atoms with Gasteiger partial charge in [-0.2, -0.15) is 0 Å². The zero-order chi connectivity index (χ0) is 14.9. The topological polar surface area (TPSA) is 41.9 Å². The van der Waals surface area contributed by atoms with Crippen molar-refractivity contribution in [1.29, 1.82) is 0 Å². The Morgan fingerprint density at radius 2 is 1.75 bits per heavy atom. The minimum absolute atomic E-state index is 0.221. The van der Waals surface area contributed by atoms with Crippen molar-refractivity contribution in [2.24, 2.45) is 10.6 Å². The molecule has 0 aromatic heterocycles. The van der Waals surface area contributed by atoms with E-state index in [1.54, 1.807) is 0 Å². The first-order valence-electron chi connectivity index (χ1n) is 6.58. The number of benzene rings is 1. The maximum Gasteiger partial charge on any atom is 0.367 e. The average molecular weight is 272 g/mol. The summed E-state index contributed by atoms with van der Waals surface area (Å²) in [5, 5.41) is 3.90. The first kappa shape index (κ1) is 14.3. The quantitative estimate of drug-likeness (QED) is 0.613. The molecule has 1 aliphatic heterocycles. The molecule has 1 aliphatic rings. The normalized spacial score (nSPS) is 17.1. The molecule has 0 radical (unpaired) electrons. The lowest BCUT2D eigenvalue weighted by molar-refractivity contribution is -0.136. The van der Waals surface area contributed by atoms with Crippen LogP contribution in [0.4, 0.5) is 5.69 Å². The highest BCUT2D eigenvalue weighted by Crippen LogP contribution is 2.28. The molecule has 0 spiro atoms. The molecule has 1 aromatic rings. The highest BCUT2D eigenvalue weighted by Gasteiger charge is 2.33. The Morgan fingerprint density at radius 1 is 1.15 bits per heavy atom. The Labute approximate surface area is 119 Å². The van der Waals surface area contributed by atoms with Crippen LogP contribution < -0.4 is 4.90 Å². The van der Waals surface area contributed by atoms with Crippen LogP contribution in [0.25, 0.3) is 6.08 Å². The molecule has 4 heteroatoms. The van der Waals surface area contributed by atoms with E-state index in [4.69, 9.17) is 4.84 Å². The van der Waals surface area contributed by atoms with E-state index in [2.05, 4.69) is 5.16 Å². The summed E-state index contributed by atoms with van der Waals surface area (Å²) in [5.41, 5.74) is 3.09. The fourth-order valence-corrected chi connectivity index (χ4v) is 1.99. The highest BCUT2D eigenvalue weighted by molar-refractivity contribution is 6.26. The van der Waals surface area contributed by atoms with Crippen LogP contribution in [0.5, 0.6) is 0 Å². The molecule has 0 saturated heterocycles. The second-order valence-electron chi connectivity index (χ2n) is 6.11. The third kappa shape index (κ3) is 2.90. The Bertz CT molecular complexity index is 575. The van der Waals surface area contributed by atoms with Crippen molar-refractivity contribution in [2.45, 2.75) is 20.8 Å². The van der Waals surface area contributed by atoms with Gasteiger partial charge in [0.05, 0.1) is 5.57 Å². The Balaban J connectivity index is 2.34. The Kier molecular flexibility index (Phi) is 3.66. The van der Waals surface area contributed by atoms with E-state index in [9.17, 15) is 4.79 Å². The van der Waals surface area contributed by atoms with Crippen LogP contribution >= 0.6 is 0 Å². The summed E-state index contributed by atoms with van der Waals surface area (Å²) in [6.45, 7) is 6.03. The summed E-state index contributed by atoms with van der Waals surface area (Å²) in [5.74, 6) is -0.383. The number of hydrogen-bond donors (Lipinski definition) is 0. The number of hydrogen-bond acceptors (Lipinski definition) is 4. The monoisotopic (exact) mass is 272 g/mol. The van der Waals surface area contributed by atoms with Gasteiger partial charge in [-0.05, 0) is 23.8 Å². The summed E-state index contributed by atoms with van der Waals surface area (Å²) < 4.78 is 0. The number of carbonyl (C=O) groups excluding carboxylic acids is 1. The van der Waals surface area contributed by atoms with Crippen LogP contribution in [-0.2, 0) is 9.63 Å². The van der Waals surface area contributed by atoms with Crippen LogP contribution in [-0.4, -0.2) is 25.8 Å². The molecule has 0 atom stereocenters. The molecule has 1 aromatic carbocycles. The predicted molar refractivity (Wildman–Crippen MR) is 81.7 cm³/mol. The number of carbonyl (C=O) groups is 1. The third-order valence-electron chi connectivity index (χ3n) is 3.13. The van der Waals surface area contributed by atoms with Crippen molar-refractivity contribution in [1.82, 2.24) is 0 Å². The third-order valence-corrected chi connectivity index (χ3v) is 3.13. The van der Waals surface area contributed by atoms with Crippen LogP contribution in [0, 0.1) is 5.41 Å². The van der Waals surface area contributed by atoms with Gasteiger partial charge in [0.25, 0.3) is 0 Å². The van der Waals surface area contributed by atoms with Gasteiger partial charge in [0.2, 0.25) is 0 Å². The van der Waals surface area contributed by atoms with Crippen molar-refractivity contribution in [3.8, 4) is 0 Å². The molecule has 0 aliphatic carbocycles. The zero-order valence-corrected chi connectivity index (χ0v) is 12.6. The van der Waals surface area contributed by atoms with Gasteiger partial charge in [-0.25, -0.2) is 4.79 Å². The van der Waals surface area contributed by atoms with Gasteiger partial charge in [-0.1, -0.05) is 38.1 Å². The van der Waals surface area contributed by atoms with Gasteiger partial charge in [-0.15, -0.1) is 0 Å². The largest absolute Gasteiger partial charge is 0.378 e. The van der Waals surface area contributed by atoms with E-state index in [1.165, 1.54) is 0 Å². The lowest BCUT2D eigenvalue weighted by Gasteiger charge is -2.17. The molecule has 0 amide bonds. The van der Waals surface area contributed by atoms with Crippen molar-refractivity contribution in [3.05, 3.63) is 35.4 Å². The smallest absolute Gasteiger partial charge is 0.367 e. The number of rotatable bonds is 2. The van der Waals surface area contributed by atoms with Crippen LogP contribution in [0.15, 0.2) is 35.0 Å². The second-order valence-corrected chi connectivity index (χ2v) is 6.11. The van der Waals surface area contributed by atoms with Gasteiger partial charge in [0.1, 0.15) is 5.71 Å². The van der Waals surface area contributed by atoms with Crippen LogP contribution in [0.2, 0.25) is 0 Å². The lowest BCUT2D eigenvalue weighted by Crippen LogP contribution is -2.21. The van der Waals surface area contributed by atoms with E-state index >= 15 is 0 Å². The number of nitrogens with zero attached hydrogens (tertiary/aromatic N) is 2. The molecule has 0 bridgehead atoms. The summed E-state index contributed by atoms with van der Waals surface area (Å²) >= 11 is 0. The summed E-state index contributed by atoms with van der Waals surface area (Å²) in [6, 6.07) is 7.99. The van der Waals surface area contributed by atoms with E-state index in [0.29, 0.717) is 11.3 Å². The standard InChI is InChI=1S/C16H20N2O2/c1-16(2,3)14-13(15(19)20-17-14)10-11-6-8-12(9-7-11)18(4)5/h6-10H,1-5H3. The summed E-state index contributed by atoms with van der Waals surface area (Å²) in [6.07, 6.45) is 1.83. The van der Waals surface area contributed by atoms with E-state index in [-0.39, 0.29) is 11.4 Å². The molecule has 1 heterocycles. The van der Waals surface area contributed by atoms with Gasteiger partial charge >= 0.3 is 5.97 Å². The van der Waals surface area contributed by atoms with Crippen molar-refractivity contribution >= 4 is 23.4 Å². The lowest BCUT2D eigenvalue weighted by atomic mass is 9.85. The zero-order valence-electron chi connectivity index (χ0n) is 12.6. The van der Waals surface area contributed by atoms with Crippen LogP contribution in [0.3, 0.4) is 0 Å². The maximum atomic E-state index is 11.8. The Morgan fingerprint density at radius 3 is 2.25 bits per heavy atom. The molecule has 20 heavy (non-hydrogen) atoms. The van der Waals surface area contributed by atoms with Crippen molar-refractivity contribution < 1.29 is 9.63 Å². The highest BCUT2D eigenvalue weighted by atomic mass is 16.7. The summed E-state index contributed by atoms with van der Waals surface area (Å²) in [4.78, 5) is 18.6. The predicted octanol–water partition coefficient (Wildman–Crippen LogP) is 3.09. The molecule has 106 valence electrons. The molecule has 0 fully saturated rings. The minimum Gasteiger partial charge on any atom is -0.378 e. The first-order valence-corrected chi connectivity index (χ1v) is 6.58. The molecule has 4 nitrogen and oxygen atoms in total. The van der Waals surface area contributed by atoms with Gasteiger partial charge < -0.3 is 9.74 Å². The van der Waals surface area contributed by atoms with Gasteiger partial charge in [-0.3, -0.25) is 0 Å². The fraction of sp³-hybridized carbons (Fsp3) is 0.375. The molecule has 2 rings (SSSR count). The first-order chi connectivity index (χ1) is 9.29. The Hall–Kier alpha value is -2.10. The summed E-state index contributed by atoms with van der Waals surface area (Å²) in [7, 11) is 3.98. The van der Waals surface area contributed by atoms with E-state index in [1.807, 2.05) is 70.1 Å².